The van der Waals surface area contributed by atoms with Crippen LogP contribution in [0.25, 0.3) is 0 Å². The highest BCUT2D eigenvalue weighted by Crippen LogP contribution is 2.29. The molecule has 0 radical (unpaired) electrons. The molecule has 2 nitrogen and oxygen atoms in total. The fourth-order valence-corrected chi connectivity index (χ4v) is 2.04. The van der Waals surface area contributed by atoms with E-state index < -0.39 is 0 Å². The Hall–Kier alpha value is -0.0800. The van der Waals surface area contributed by atoms with E-state index in [-0.39, 0.29) is 6.10 Å². The molecule has 0 aliphatic carbocycles. The van der Waals surface area contributed by atoms with Crippen LogP contribution >= 0.6 is 0 Å². The monoisotopic (exact) mass is 185 g/mol. The topological polar surface area (TPSA) is 23.5 Å². The van der Waals surface area contributed by atoms with Gasteiger partial charge in [0.2, 0.25) is 0 Å². The van der Waals surface area contributed by atoms with Gasteiger partial charge in [-0.3, -0.25) is 0 Å². The SMILES string of the molecule is C[C@H](O)CN1CCCC(C)(C)CC1. The fraction of sp³-hybridized carbons (Fsp3) is 1.00. The average Bonchev–Trinajstić information content (AvgIpc) is 2.12. The van der Waals surface area contributed by atoms with Crippen LogP contribution in [0.1, 0.15) is 40.0 Å². The Morgan fingerprint density at radius 3 is 2.62 bits per heavy atom. The van der Waals surface area contributed by atoms with Crippen molar-refractivity contribution in [3.05, 3.63) is 0 Å². The van der Waals surface area contributed by atoms with Gasteiger partial charge in [0.15, 0.2) is 0 Å². The minimum Gasteiger partial charge on any atom is -0.392 e. The van der Waals surface area contributed by atoms with Crippen LogP contribution in [0.4, 0.5) is 0 Å². The van der Waals surface area contributed by atoms with Crippen molar-refractivity contribution >= 4 is 0 Å². The van der Waals surface area contributed by atoms with Crippen molar-refractivity contribution in [2.24, 2.45) is 5.41 Å². The number of nitrogens with zero attached hydrogens (tertiary/aromatic N) is 1. The van der Waals surface area contributed by atoms with Crippen molar-refractivity contribution in [2.75, 3.05) is 19.6 Å². The molecule has 0 spiro atoms. The molecule has 1 N–H and O–H groups in total. The maximum absolute atomic E-state index is 9.28. The summed E-state index contributed by atoms with van der Waals surface area (Å²) in [6.45, 7) is 9.72. The van der Waals surface area contributed by atoms with Gasteiger partial charge in [-0.05, 0) is 44.7 Å². The van der Waals surface area contributed by atoms with E-state index in [1.165, 1.54) is 19.3 Å². The quantitative estimate of drug-likeness (QED) is 0.710. The summed E-state index contributed by atoms with van der Waals surface area (Å²) in [5.74, 6) is 0. The Bertz CT molecular complexity index is 154. The molecule has 0 aromatic carbocycles. The zero-order valence-corrected chi connectivity index (χ0v) is 9.21. The summed E-state index contributed by atoms with van der Waals surface area (Å²) in [6, 6.07) is 0. The van der Waals surface area contributed by atoms with Gasteiger partial charge in [0.1, 0.15) is 0 Å². The van der Waals surface area contributed by atoms with Gasteiger partial charge >= 0.3 is 0 Å². The van der Waals surface area contributed by atoms with Crippen molar-refractivity contribution in [3.8, 4) is 0 Å². The van der Waals surface area contributed by atoms with Gasteiger partial charge < -0.3 is 10.0 Å². The van der Waals surface area contributed by atoms with Crippen LogP contribution < -0.4 is 0 Å². The zero-order chi connectivity index (χ0) is 9.90. The first-order chi connectivity index (χ1) is 5.99. The standard InChI is InChI=1S/C11H23NO/c1-10(13)9-12-7-4-5-11(2,3)6-8-12/h10,13H,4-9H2,1-3H3/t10-/m0/s1. The van der Waals surface area contributed by atoms with Gasteiger partial charge in [0.05, 0.1) is 6.10 Å². The fourth-order valence-electron chi connectivity index (χ4n) is 2.04. The molecule has 0 saturated carbocycles. The number of aliphatic hydroxyl groups excluding tert-OH is 1. The molecule has 0 amide bonds. The first-order valence-electron chi connectivity index (χ1n) is 5.40. The van der Waals surface area contributed by atoms with Gasteiger partial charge in [-0.1, -0.05) is 13.8 Å². The van der Waals surface area contributed by atoms with E-state index in [1.807, 2.05) is 6.92 Å². The van der Waals surface area contributed by atoms with E-state index >= 15 is 0 Å². The zero-order valence-electron chi connectivity index (χ0n) is 9.21. The van der Waals surface area contributed by atoms with Crippen LogP contribution in [0.15, 0.2) is 0 Å². The highest BCUT2D eigenvalue weighted by atomic mass is 16.3. The lowest BCUT2D eigenvalue weighted by Crippen LogP contribution is -2.32. The smallest absolute Gasteiger partial charge is 0.0639 e. The van der Waals surface area contributed by atoms with Crippen LogP contribution in [0.3, 0.4) is 0 Å². The maximum atomic E-state index is 9.28. The highest BCUT2D eigenvalue weighted by Gasteiger charge is 2.23. The van der Waals surface area contributed by atoms with Crippen LogP contribution in [0.2, 0.25) is 0 Å². The van der Waals surface area contributed by atoms with Crippen molar-refractivity contribution in [1.29, 1.82) is 0 Å². The predicted molar refractivity (Wildman–Crippen MR) is 55.8 cm³/mol. The summed E-state index contributed by atoms with van der Waals surface area (Å²) >= 11 is 0. The molecule has 13 heavy (non-hydrogen) atoms. The Morgan fingerprint density at radius 2 is 2.00 bits per heavy atom. The Labute approximate surface area is 81.9 Å². The summed E-state index contributed by atoms with van der Waals surface area (Å²) in [5, 5.41) is 9.28. The molecule has 2 heteroatoms. The van der Waals surface area contributed by atoms with Crippen LogP contribution in [-0.2, 0) is 0 Å². The van der Waals surface area contributed by atoms with Gasteiger partial charge in [-0.25, -0.2) is 0 Å². The number of aliphatic hydroxyl groups is 1. The Balaban J connectivity index is 2.36. The lowest BCUT2D eigenvalue weighted by Gasteiger charge is -2.23. The van der Waals surface area contributed by atoms with Gasteiger partial charge in [0, 0.05) is 6.54 Å². The van der Waals surface area contributed by atoms with Crippen LogP contribution in [0, 0.1) is 5.41 Å². The van der Waals surface area contributed by atoms with Gasteiger partial charge in [-0.2, -0.15) is 0 Å². The minimum absolute atomic E-state index is 0.179. The number of likely N-dealkylation sites (tertiary alicyclic amines) is 1. The summed E-state index contributed by atoms with van der Waals surface area (Å²) in [6.07, 6.45) is 3.68. The molecule has 0 unspecified atom stereocenters. The molecular weight excluding hydrogens is 162 g/mol. The summed E-state index contributed by atoms with van der Waals surface area (Å²) in [4.78, 5) is 2.39. The second kappa shape index (κ2) is 4.43. The lowest BCUT2D eigenvalue weighted by molar-refractivity contribution is 0.126. The number of rotatable bonds is 2. The van der Waals surface area contributed by atoms with E-state index in [1.54, 1.807) is 0 Å². The van der Waals surface area contributed by atoms with Gasteiger partial charge in [0.25, 0.3) is 0 Å². The van der Waals surface area contributed by atoms with Crippen LogP contribution in [0.5, 0.6) is 0 Å². The molecule has 1 heterocycles. The van der Waals surface area contributed by atoms with E-state index in [4.69, 9.17) is 0 Å². The second-order valence-electron chi connectivity index (χ2n) is 5.17. The predicted octanol–water partition coefficient (Wildman–Crippen LogP) is 1.88. The molecule has 0 bridgehead atoms. The molecular formula is C11H23NO. The molecule has 1 aliphatic rings. The third-order valence-corrected chi connectivity index (χ3v) is 2.96. The molecule has 1 rings (SSSR count). The van der Waals surface area contributed by atoms with E-state index in [9.17, 15) is 5.11 Å². The lowest BCUT2D eigenvalue weighted by atomic mass is 9.85. The third kappa shape index (κ3) is 4.10. The average molecular weight is 185 g/mol. The molecule has 1 aliphatic heterocycles. The third-order valence-electron chi connectivity index (χ3n) is 2.96. The first-order valence-corrected chi connectivity index (χ1v) is 5.40. The number of hydrogen-bond donors (Lipinski definition) is 1. The van der Waals surface area contributed by atoms with Crippen molar-refractivity contribution in [2.45, 2.75) is 46.1 Å². The summed E-state index contributed by atoms with van der Waals surface area (Å²) < 4.78 is 0. The number of hydrogen-bond acceptors (Lipinski definition) is 2. The molecule has 78 valence electrons. The van der Waals surface area contributed by atoms with Gasteiger partial charge in [-0.15, -0.1) is 0 Å². The second-order valence-corrected chi connectivity index (χ2v) is 5.17. The maximum Gasteiger partial charge on any atom is 0.0639 e. The van der Waals surface area contributed by atoms with E-state index in [2.05, 4.69) is 18.7 Å². The highest BCUT2D eigenvalue weighted by molar-refractivity contribution is 4.76. The molecule has 1 saturated heterocycles. The molecule has 1 atom stereocenters. The molecule has 0 aromatic rings. The van der Waals surface area contributed by atoms with Crippen molar-refractivity contribution < 1.29 is 5.11 Å². The van der Waals surface area contributed by atoms with Crippen LogP contribution in [-0.4, -0.2) is 35.7 Å². The van der Waals surface area contributed by atoms with E-state index in [0.717, 1.165) is 19.6 Å². The summed E-state index contributed by atoms with van der Waals surface area (Å²) in [7, 11) is 0. The van der Waals surface area contributed by atoms with E-state index in [0.29, 0.717) is 5.41 Å². The minimum atomic E-state index is -0.179. The Kier molecular flexibility index (Phi) is 3.74. The molecule has 0 aromatic heterocycles. The number of β-amino-alcohol motifs (C(OH)–C–C–N with tert-alkyl or cyclic N) is 1. The summed E-state index contributed by atoms with van der Waals surface area (Å²) in [5.41, 5.74) is 0.507. The molecule has 1 fully saturated rings. The van der Waals surface area contributed by atoms with Crippen molar-refractivity contribution in [1.82, 2.24) is 4.90 Å². The first kappa shape index (κ1) is 11.0. The normalized spacial score (nSPS) is 26.8. The van der Waals surface area contributed by atoms with Crippen molar-refractivity contribution in [3.63, 3.8) is 0 Å². The largest absolute Gasteiger partial charge is 0.392 e. The Morgan fingerprint density at radius 1 is 1.31 bits per heavy atom.